The van der Waals surface area contributed by atoms with Gasteiger partial charge in [0.25, 0.3) is 12.9 Å². The van der Waals surface area contributed by atoms with Gasteiger partial charge in [0.05, 0.1) is 39.7 Å². The summed E-state index contributed by atoms with van der Waals surface area (Å²) < 4.78 is 49.0. The van der Waals surface area contributed by atoms with Crippen LogP contribution >= 0.6 is 11.3 Å². The summed E-state index contributed by atoms with van der Waals surface area (Å²) in [5.74, 6) is 0.627. The van der Waals surface area contributed by atoms with Crippen LogP contribution in [-0.2, 0) is 41.7 Å². The third-order valence-corrected chi connectivity index (χ3v) is 10.3. The molecule has 8 rings (SSSR count). The first kappa shape index (κ1) is 44.1. The molecule has 0 aliphatic heterocycles. The number of unbranched alkanes of at least 4 members (excludes halogenated alkanes) is 3. The predicted octanol–water partition coefficient (Wildman–Crippen LogP) is 9.73. The largest absolute Gasteiger partial charge is 2.00 e. The number of thiophene rings is 1. The van der Waals surface area contributed by atoms with Gasteiger partial charge in [-0.05, 0) is 73.9 Å². The van der Waals surface area contributed by atoms with Crippen molar-refractivity contribution in [1.82, 2.24) is 40.3 Å². The minimum absolute atomic E-state index is 0. The fourth-order valence-electron chi connectivity index (χ4n) is 6.18. The van der Waals surface area contributed by atoms with E-state index < -0.39 is 11.9 Å². The molecule has 0 saturated heterocycles. The van der Waals surface area contributed by atoms with Gasteiger partial charge in [-0.2, -0.15) is 13.2 Å². The molecular formula is C44H35F3N8O4RuS. The predicted molar refractivity (Wildman–Crippen MR) is 220 cm³/mol. The fraction of sp³-hybridized carbons (Fsp3) is 0.182. The van der Waals surface area contributed by atoms with Gasteiger partial charge >= 0.3 is 25.7 Å². The van der Waals surface area contributed by atoms with E-state index in [1.807, 2.05) is 55.5 Å². The number of para-hydroxylation sites is 1. The molecule has 0 fully saturated rings. The molecule has 0 atom stereocenters. The van der Waals surface area contributed by atoms with Gasteiger partial charge < -0.3 is 29.9 Å². The molecule has 0 unspecified atom stereocenters. The number of halogens is 3. The number of ether oxygens (including phenoxy) is 2. The molecule has 310 valence electrons. The fourth-order valence-corrected chi connectivity index (χ4v) is 7.22. The quantitative estimate of drug-likeness (QED) is 0.0579. The Labute approximate surface area is 364 Å². The van der Waals surface area contributed by atoms with Crippen LogP contribution in [0, 0.1) is 6.92 Å². The van der Waals surface area contributed by atoms with Gasteiger partial charge in [0.15, 0.2) is 0 Å². The smallest absolute Gasteiger partial charge is 0.574 e. The Balaban J connectivity index is 0.000000202. The average Bonchev–Trinajstić information content (AvgIpc) is 4.05. The van der Waals surface area contributed by atoms with Crippen molar-refractivity contribution in [3.05, 3.63) is 120 Å². The third kappa shape index (κ3) is 11.2. The number of alkyl halides is 3. The van der Waals surface area contributed by atoms with E-state index in [4.69, 9.17) is 9.47 Å². The second kappa shape index (κ2) is 20.2. The van der Waals surface area contributed by atoms with Gasteiger partial charge in [-0.25, -0.2) is 9.97 Å². The molecule has 7 aromatic heterocycles. The summed E-state index contributed by atoms with van der Waals surface area (Å²) in [5.41, 5.74) is 4.93. The molecule has 0 bridgehead atoms. The van der Waals surface area contributed by atoms with Crippen LogP contribution in [0.3, 0.4) is 0 Å². The summed E-state index contributed by atoms with van der Waals surface area (Å²) in [6.07, 6.45) is 2.74. The molecule has 0 amide bonds. The number of nitrogens with zero attached hydrogens (tertiary/aromatic N) is 8. The van der Waals surface area contributed by atoms with Crippen molar-refractivity contribution in [1.29, 1.82) is 0 Å². The van der Waals surface area contributed by atoms with E-state index in [1.165, 1.54) is 30.3 Å². The van der Waals surface area contributed by atoms with Crippen molar-refractivity contribution in [2.45, 2.75) is 52.1 Å². The number of benzene rings is 1. The number of carbonyl (C=O) groups is 2. The van der Waals surface area contributed by atoms with Crippen LogP contribution < -0.4 is 19.7 Å². The van der Waals surface area contributed by atoms with Crippen molar-refractivity contribution >= 4 is 35.2 Å². The molecule has 0 aliphatic rings. The van der Waals surface area contributed by atoms with Crippen LogP contribution in [0.15, 0.2) is 103 Å². The van der Waals surface area contributed by atoms with Crippen molar-refractivity contribution in [2.24, 2.45) is 0 Å². The Hall–Kier alpha value is -6.45. The Morgan fingerprint density at radius 1 is 0.689 bits per heavy atom. The number of rotatable bonds is 14. The van der Waals surface area contributed by atoms with Crippen molar-refractivity contribution in [2.75, 3.05) is 0 Å². The summed E-state index contributed by atoms with van der Waals surface area (Å²) in [4.78, 5) is 41.7. The number of aryl methyl sites for hydroxylation is 2. The average molecular weight is 930 g/mol. The van der Waals surface area contributed by atoms with Gasteiger partial charge in [0.2, 0.25) is 0 Å². The molecule has 7 heterocycles. The maximum absolute atomic E-state index is 13.0. The van der Waals surface area contributed by atoms with Gasteiger partial charge in [0, 0.05) is 45.2 Å². The summed E-state index contributed by atoms with van der Waals surface area (Å²) in [6, 6.07) is 28.4. The number of pyridine rings is 4. The zero-order chi connectivity index (χ0) is 42.1. The first-order chi connectivity index (χ1) is 29.1. The van der Waals surface area contributed by atoms with Crippen LogP contribution in [0.4, 0.5) is 13.2 Å². The molecule has 8 aromatic rings. The number of carbonyl (C=O) groups excluding carboxylic acids is 2. The first-order valence-electron chi connectivity index (χ1n) is 18.8. The third-order valence-electron chi connectivity index (χ3n) is 9.09. The van der Waals surface area contributed by atoms with E-state index in [0.717, 1.165) is 45.9 Å². The van der Waals surface area contributed by atoms with E-state index in [1.54, 1.807) is 47.7 Å². The van der Waals surface area contributed by atoms with Gasteiger partial charge in [0.1, 0.15) is 17.2 Å². The topological polar surface area (TPSA) is 158 Å². The summed E-state index contributed by atoms with van der Waals surface area (Å²) >= 11 is 1.69. The molecule has 61 heavy (non-hydrogen) atoms. The van der Waals surface area contributed by atoms with E-state index >= 15 is 0 Å². The van der Waals surface area contributed by atoms with E-state index in [9.17, 15) is 22.8 Å². The van der Waals surface area contributed by atoms with Crippen LogP contribution in [0.5, 0.6) is 11.5 Å². The van der Waals surface area contributed by atoms with Gasteiger partial charge in [-0.3, -0.25) is 19.6 Å². The maximum atomic E-state index is 13.0. The Bertz CT molecular complexity index is 2750. The first-order valence-corrected chi connectivity index (χ1v) is 19.6. The second-order valence-electron chi connectivity index (χ2n) is 13.5. The van der Waals surface area contributed by atoms with E-state index in [2.05, 4.69) is 53.3 Å². The molecule has 12 nitrogen and oxygen atoms in total. The summed E-state index contributed by atoms with van der Waals surface area (Å²) in [7, 11) is 0. The van der Waals surface area contributed by atoms with E-state index in [-0.39, 0.29) is 25.2 Å². The Morgan fingerprint density at radius 3 is 2.08 bits per heavy atom. The van der Waals surface area contributed by atoms with Crippen molar-refractivity contribution < 1.29 is 51.7 Å². The van der Waals surface area contributed by atoms with Gasteiger partial charge in [-0.1, -0.05) is 67.9 Å². The molecule has 1 aromatic carbocycles. The molecule has 0 spiro atoms. The molecule has 0 aliphatic carbocycles. The molecular weight excluding hydrogens is 895 g/mol. The molecule has 0 radical (unpaired) electrons. The van der Waals surface area contributed by atoms with Crippen LogP contribution in [0.25, 0.3) is 66.9 Å². The standard InChI is InChI=1S/C23H22F3N5S.C21H13N3O4.Ru/c1-3-4-5-6-7-16-8-9-21(32-16)15-11-17(19-10-14(2)28-29-19)27-18(12-15)20-13-22(31-30-20)23(24,25)26;25-12-27-15-7-8-22-19(9-15)21-11-16(28-13-26)10-20(24-21)18-6-5-14-3-1-2-4-17(14)23-18;/h8-13H,3-7H2,1-2H3;1-13H;/q-2;;+2. The SMILES string of the molecule is CCCCCCc1ccc(-c2cc(-c3cc(C)n[n-]3)nc(-c3cc(C(F)(F)F)n[n-]3)c2)s1.O=COc1ccnc(-c2cc(OC=O)cc(-c3ccc4ccccc4n3)n2)c1.[Ru+2]. The maximum Gasteiger partial charge on any atom is 2.00 e. The van der Waals surface area contributed by atoms with Crippen LogP contribution in [-0.4, -0.2) is 43.1 Å². The second-order valence-corrected chi connectivity index (χ2v) is 14.6. The number of fused-ring (bicyclic) bond motifs is 1. The van der Waals surface area contributed by atoms with Gasteiger partial charge in [-0.15, -0.1) is 11.3 Å². The van der Waals surface area contributed by atoms with Crippen LogP contribution in [0.1, 0.15) is 48.9 Å². The Morgan fingerprint density at radius 2 is 1.38 bits per heavy atom. The zero-order valence-electron chi connectivity index (χ0n) is 32.6. The minimum atomic E-state index is -4.56. The van der Waals surface area contributed by atoms with Crippen molar-refractivity contribution in [3.8, 4) is 67.5 Å². The van der Waals surface area contributed by atoms with E-state index in [0.29, 0.717) is 64.3 Å². The Kier molecular flexibility index (Phi) is 14.6. The zero-order valence-corrected chi connectivity index (χ0v) is 35.2. The van der Waals surface area contributed by atoms with Crippen molar-refractivity contribution in [3.63, 3.8) is 0 Å². The molecule has 0 N–H and O–H groups in total. The summed E-state index contributed by atoms with van der Waals surface area (Å²) in [6.45, 7) is 4.69. The summed E-state index contributed by atoms with van der Waals surface area (Å²) in [5, 5.41) is 16.2. The number of hydrogen-bond donors (Lipinski definition) is 0. The normalized spacial score (nSPS) is 11.0. The number of aromatic nitrogens is 8. The van der Waals surface area contributed by atoms with Crippen LogP contribution in [0.2, 0.25) is 0 Å². The number of hydrogen-bond acceptors (Lipinski definition) is 11. The minimum Gasteiger partial charge on any atom is -0.574 e. The molecule has 17 heteroatoms. The monoisotopic (exact) mass is 930 g/mol. The molecule has 0 saturated carbocycles.